The molecule has 0 radical (unpaired) electrons. The molecule has 2 amide bonds. The second-order valence-corrected chi connectivity index (χ2v) is 7.57. The van der Waals surface area contributed by atoms with Crippen LogP contribution < -0.4 is 5.32 Å². The third-order valence-corrected chi connectivity index (χ3v) is 5.26. The van der Waals surface area contributed by atoms with Crippen LogP contribution in [0.1, 0.15) is 17.0 Å². The molecule has 3 aromatic rings. The molecule has 0 aliphatic carbocycles. The minimum Gasteiger partial charge on any atom is -0.322 e. The van der Waals surface area contributed by atoms with Gasteiger partial charge in [-0.15, -0.1) is 0 Å². The lowest BCUT2D eigenvalue weighted by atomic mass is 10.2. The lowest BCUT2D eigenvalue weighted by Gasteiger charge is -2.34. The van der Waals surface area contributed by atoms with E-state index in [9.17, 15) is 4.79 Å². The van der Waals surface area contributed by atoms with Gasteiger partial charge in [0.15, 0.2) is 0 Å². The van der Waals surface area contributed by atoms with Crippen molar-refractivity contribution in [2.75, 3.05) is 31.5 Å². The van der Waals surface area contributed by atoms with Crippen LogP contribution in [-0.4, -0.2) is 51.8 Å². The molecular formula is C23H27N5O. The predicted octanol–water partition coefficient (Wildman–Crippen LogP) is 3.84. The molecule has 2 aromatic carbocycles. The summed E-state index contributed by atoms with van der Waals surface area (Å²) in [6, 6.07) is 20.3. The molecule has 1 N–H and O–H groups in total. The Labute approximate surface area is 171 Å². The summed E-state index contributed by atoms with van der Waals surface area (Å²) in [5, 5.41) is 7.56. The van der Waals surface area contributed by atoms with Crippen LogP contribution in [0.2, 0.25) is 0 Å². The molecule has 0 unspecified atom stereocenters. The van der Waals surface area contributed by atoms with E-state index in [4.69, 9.17) is 0 Å². The Kier molecular flexibility index (Phi) is 5.62. The van der Waals surface area contributed by atoms with Crippen molar-refractivity contribution in [1.82, 2.24) is 19.6 Å². The number of nitrogens with zero attached hydrogens (tertiary/aromatic N) is 4. The van der Waals surface area contributed by atoms with Crippen LogP contribution in [0.4, 0.5) is 10.5 Å². The highest BCUT2D eigenvalue weighted by atomic mass is 16.2. The Morgan fingerprint density at radius 1 is 0.966 bits per heavy atom. The fraction of sp³-hybridized carbons (Fsp3) is 0.304. The number of hydrogen-bond acceptors (Lipinski definition) is 3. The van der Waals surface area contributed by atoms with E-state index < -0.39 is 0 Å². The number of carbonyl (C=O) groups excluding carboxylic acids is 1. The number of nitrogens with one attached hydrogen (secondary N) is 1. The van der Waals surface area contributed by atoms with Crippen LogP contribution >= 0.6 is 0 Å². The van der Waals surface area contributed by atoms with Crippen LogP contribution in [0.25, 0.3) is 5.69 Å². The van der Waals surface area contributed by atoms with E-state index in [1.54, 1.807) is 0 Å². The molecule has 1 aromatic heterocycles. The van der Waals surface area contributed by atoms with Gasteiger partial charge in [0.1, 0.15) is 0 Å². The van der Waals surface area contributed by atoms with Crippen LogP contribution in [0, 0.1) is 13.8 Å². The van der Waals surface area contributed by atoms with Crippen molar-refractivity contribution in [1.29, 1.82) is 0 Å². The van der Waals surface area contributed by atoms with Gasteiger partial charge in [-0.05, 0) is 43.7 Å². The summed E-state index contributed by atoms with van der Waals surface area (Å²) in [5.41, 5.74) is 5.09. The third kappa shape index (κ3) is 4.66. The van der Waals surface area contributed by atoms with Crippen molar-refractivity contribution in [2.24, 2.45) is 0 Å². The van der Waals surface area contributed by atoms with Gasteiger partial charge in [-0.25, -0.2) is 9.48 Å². The summed E-state index contributed by atoms with van der Waals surface area (Å²) < 4.78 is 1.90. The zero-order valence-corrected chi connectivity index (χ0v) is 17.0. The second kappa shape index (κ2) is 8.49. The van der Waals surface area contributed by atoms with Crippen LogP contribution in [0.5, 0.6) is 0 Å². The number of anilines is 1. The van der Waals surface area contributed by atoms with Crippen molar-refractivity contribution in [2.45, 2.75) is 20.4 Å². The molecule has 0 bridgehead atoms. The Bertz CT molecular complexity index is 974. The molecule has 29 heavy (non-hydrogen) atoms. The van der Waals surface area contributed by atoms with Crippen LogP contribution in [-0.2, 0) is 6.54 Å². The number of amides is 2. The topological polar surface area (TPSA) is 53.4 Å². The van der Waals surface area contributed by atoms with Crippen molar-refractivity contribution in [3.8, 4) is 5.69 Å². The van der Waals surface area contributed by atoms with Gasteiger partial charge in [0.05, 0.1) is 11.4 Å². The number of urea groups is 1. The molecule has 1 aliphatic heterocycles. The fourth-order valence-electron chi connectivity index (χ4n) is 3.76. The normalized spacial score (nSPS) is 14.8. The SMILES string of the molecule is Cc1cc(C)n(-c2cccc(NC(=O)N3CCN(Cc4ccccc4)CC3)c2)n1. The summed E-state index contributed by atoms with van der Waals surface area (Å²) in [7, 11) is 0. The molecule has 1 aliphatic rings. The van der Waals surface area contributed by atoms with Gasteiger partial charge in [0, 0.05) is 44.1 Å². The van der Waals surface area contributed by atoms with E-state index in [0.717, 1.165) is 55.5 Å². The molecule has 4 rings (SSSR count). The maximum Gasteiger partial charge on any atom is 0.321 e. The average molecular weight is 390 g/mol. The molecule has 6 nitrogen and oxygen atoms in total. The summed E-state index contributed by atoms with van der Waals surface area (Å²) >= 11 is 0. The zero-order chi connectivity index (χ0) is 20.2. The maximum absolute atomic E-state index is 12.7. The standard InChI is InChI=1S/C23H27N5O/c1-18-15-19(2)28(25-18)22-10-6-9-21(16-22)24-23(29)27-13-11-26(12-14-27)17-20-7-4-3-5-8-20/h3-10,15-16H,11-14,17H2,1-2H3,(H,24,29). The molecule has 0 spiro atoms. The van der Waals surface area contributed by atoms with E-state index in [2.05, 4.69) is 39.6 Å². The van der Waals surface area contributed by atoms with Gasteiger partial charge in [0.2, 0.25) is 0 Å². The van der Waals surface area contributed by atoms with Gasteiger partial charge < -0.3 is 10.2 Å². The highest BCUT2D eigenvalue weighted by molar-refractivity contribution is 5.89. The zero-order valence-electron chi connectivity index (χ0n) is 17.0. The van der Waals surface area contributed by atoms with Gasteiger partial charge in [-0.3, -0.25) is 4.90 Å². The van der Waals surface area contributed by atoms with E-state index in [1.165, 1.54) is 5.56 Å². The van der Waals surface area contributed by atoms with Crippen molar-refractivity contribution >= 4 is 11.7 Å². The number of rotatable bonds is 4. The third-order valence-electron chi connectivity index (χ3n) is 5.26. The van der Waals surface area contributed by atoms with Crippen molar-refractivity contribution in [3.05, 3.63) is 77.6 Å². The molecule has 6 heteroatoms. The van der Waals surface area contributed by atoms with Crippen molar-refractivity contribution in [3.63, 3.8) is 0 Å². The first kappa shape index (κ1) is 19.2. The van der Waals surface area contributed by atoms with Crippen LogP contribution in [0.3, 0.4) is 0 Å². The number of carbonyl (C=O) groups is 1. The molecule has 1 saturated heterocycles. The van der Waals surface area contributed by atoms with Crippen LogP contribution in [0.15, 0.2) is 60.7 Å². The quantitative estimate of drug-likeness (QED) is 0.738. The average Bonchev–Trinajstić information content (AvgIpc) is 3.07. The molecule has 1 fully saturated rings. The van der Waals surface area contributed by atoms with E-state index >= 15 is 0 Å². The molecular weight excluding hydrogens is 362 g/mol. The van der Waals surface area contributed by atoms with E-state index in [0.29, 0.717) is 0 Å². The Morgan fingerprint density at radius 3 is 2.41 bits per heavy atom. The number of benzene rings is 2. The largest absolute Gasteiger partial charge is 0.322 e. The van der Waals surface area contributed by atoms with Gasteiger partial charge >= 0.3 is 6.03 Å². The number of aromatic nitrogens is 2. The Balaban J connectivity index is 1.34. The molecule has 150 valence electrons. The molecule has 2 heterocycles. The minimum atomic E-state index is -0.0464. The second-order valence-electron chi connectivity index (χ2n) is 7.57. The number of aryl methyl sites for hydroxylation is 2. The number of hydrogen-bond donors (Lipinski definition) is 1. The first-order chi connectivity index (χ1) is 14.1. The summed E-state index contributed by atoms with van der Waals surface area (Å²) in [5.74, 6) is 0. The predicted molar refractivity (Wildman–Crippen MR) is 115 cm³/mol. The lowest BCUT2D eigenvalue weighted by Crippen LogP contribution is -2.49. The van der Waals surface area contributed by atoms with Gasteiger partial charge in [-0.1, -0.05) is 36.4 Å². The highest BCUT2D eigenvalue weighted by Crippen LogP contribution is 2.18. The smallest absolute Gasteiger partial charge is 0.321 e. The monoisotopic (exact) mass is 389 g/mol. The molecule has 0 atom stereocenters. The summed E-state index contributed by atoms with van der Waals surface area (Å²) in [6.07, 6.45) is 0. The first-order valence-electron chi connectivity index (χ1n) is 10.0. The fourth-order valence-corrected chi connectivity index (χ4v) is 3.76. The van der Waals surface area contributed by atoms with E-state index in [1.807, 2.05) is 59.8 Å². The summed E-state index contributed by atoms with van der Waals surface area (Å²) in [4.78, 5) is 17.0. The Hall–Kier alpha value is -3.12. The minimum absolute atomic E-state index is 0.0464. The van der Waals surface area contributed by atoms with Gasteiger partial charge in [-0.2, -0.15) is 5.10 Å². The highest BCUT2D eigenvalue weighted by Gasteiger charge is 2.21. The summed E-state index contributed by atoms with van der Waals surface area (Å²) in [6.45, 7) is 8.17. The first-order valence-corrected chi connectivity index (χ1v) is 10.0. The molecule has 0 saturated carbocycles. The van der Waals surface area contributed by atoms with E-state index in [-0.39, 0.29) is 6.03 Å². The lowest BCUT2D eigenvalue weighted by molar-refractivity contribution is 0.143. The number of piperazine rings is 1. The maximum atomic E-state index is 12.7. The van der Waals surface area contributed by atoms with Crippen molar-refractivity contribution < 1.29 is 4.79 Å². The Morgan fingerprint density at radius 2 is 1.72 bits per heavy atom. The van der Waals surface area contributed by atoms with Gasteiger partial charge in [0.25, 0.3) is 0 Å².